The van der Waals surface area contributed by atoms with Gasteiger partial charge in [-0.05, 0) is 24.7 Å². The van der Waals surface area contributed by atoms with E-state index in [-0.39, 0.29) is 11.1 Å². The zero-order valence-electron chi connectivity index (χ0n) is 8.84. The Labute approximate surface area is 99.0 Å². The highest BCUT2D eigenvalue weighted by Crippen LogP contribution is 2.26. The minimum atomic E-state index is -0.979. The second-order valence-corrected chi connectivity index (χ2v) is 4.29. The number of carbonyl (C=O) groups excluding carboxylic acids is 1. The number of nitrogens with zero attached hydrogens (tertiary/aromatic N) is 1. The molecule has 0 aliphatic carbocycles. The second kappa shape index (κ2) is 3.84. The van der Waals surface area contributed by atoms with Gasteiger partial charge in [-0.3, -0.25) is 4.79 Å². The third kappa shape index (κ3) is 1.79. The zero-order chi connectivity index (χ0) is 11.8. The van der Waals surface area contributed by atoms with Crippen molar-refractivity contribution in [2.75, 3.05) is 0 Å². The van der Waals surface area contributed by atoms with Crippen LogP contribution in [-0.4, -0.2) is 21.7 Å². The molecule has 16 heavy (non-hydrogen) atoms. The highest BCUT2D eigenvalue weighted by molar-refractivity contribution is 7.80. The van der Waals surface area contributed by atoms with Crippen LogP contribution < -0.4 is 5.84 Å². The molecule has 1 atom stereocenters. The predicted molar refractivity (Wildman–Crippen MR) is 63.3 cm³/mol. The van der Waals surface area contributed by atoms with Crippen molar-refractivity contribution in [1.29, 1.82) is 0 Å². The van der Waals surface area contributed by atoms with Crippen molar-refractivity contribution >= 4 is 23.3 Å². The van der Waals surface area contributed by atoms with Gasteiger partial charge < -0.3 is 4.74 Å². The van der Waals surface area contributed by atoms with E-state index in [9.17, 15) is 4.79 Å². The number of nitrogens with two attached hydrogens (primary N) is 1. The van der Waals surface area contributed by atoms with Crippen molar-refractivity contribution in [1.82, 2.24) is 5.01 Å². The van der Waals surface area contributed by atoms with Gasteiger partial charge in [-0.25, -0.2) is 10.9 Å². The number of hydrogen-bond acceptors (Lipinski definition) is 4. The molecule has 1 unspecified atom stereocenters. The van der Waals surface area contributed by atoms with Crippen LogP contribution in [0.3, 0.4) is 0 Å². The standard InChI is InChI=1S/C11H12N2O2S/c1-11(7-8-5-3-2-4-6-8)9(14)13(12)10(16)15-11/h2-6H,7,12H2,1H3. The molecule has 4 nitrogen and oxygen atoms in total. The van der Waals surface area contributed by atoms with Gasteiger partial charge in [0.05, 0.1) is 0 Å². The summed E-state index contributed by atoms with van der Waals surface area (Å²) in [7, 11) is 0. The lowest BCUT2D eigenvalue weighted by molar-refractivity contribution is -0.135. The summed E-state index contributed by atoms with van der Waals surface area (Å²) in [5, 5.41) is 0.918. The molecule has 1 saturated heterocycles. The van der Waals surface area contributed by atoms with Gasteiger partial charge in [0, 0.05) is 6.42 Å². The van der Waals surface area contributed by atoms with Crippen molar-refractivity contribution in [2.45, 2.75) is 18.9 Å². The molecule has 5 heteroatoms. The lowest BCUT2D eigenvalue weighted by Crippen LogP contribution is -2.43. The molecule has 1 fully saturated rings. The van der Waals surface area contributed by atoms with Crippen molar-refractivity contribution < 1.29 is 9.53 Å². The SMILES string of the molecule is CC1(Cc2ccccc2)OC(=S)N(N)C1=O. The fourth-order valence-corrected chi connectivity index (χ4v) is 1.99. The maximum atomic E-state index is 11.8. The number of ether oxygens (including phenoxy) is 1. The van der Waals surface area contributed by atoms with Crippen molar-refractivity contribution in [2.24, 2.45) is 5.84 Å². The monoisotopic (exact) mass is 236 g/mol. The molecule has 0 bridgehead atoms. The Hall–Kier alpha value is -1.46. The first-order chi connectivity index (χ1) is 7.53. The third-order valence-electron chi connectivity index (χ3n) is 2.56. The average Bonchev–Trinajstić information content (AvgIpc) is 2.44. The zero-order valence-corrected chi connectivity index (χ0v) is 9.66. The fraction of sp³-hybridized carbons (Fsp3) is 0.273. The van der Waals surface area contributed by atoms with Crippen molar-refractivity contribution in [3.8, 4) is 0 Å². The van der Waals surface area contributed by atoms with Gasteiger partial charge in [0.1, 0.15) is 0 Å². The summed E-state index contributed by atoms with van der Waals surface area (Å²) in [6, 6.07) is 9.62. The Balaban J connectivity index is 2.22. The fourth-order valence-electron chi connectivity index (χ4n) is 1.72. The number of carbonyl (C=O) groups is 1. The first-order valence-corrected chi connectivity index (χ1v) is 5.30. The van der Waals surface area contributed by atoms with E-state index in [2.05, 4.69) is 0 Å². The third-order valence-corrected chi connectivity index (χ3v) is 2.84. The Kier molecular flexibility index (Phi) is 2.65. The van der Waals surface area contributed by atoms with Gasteiger partial charge in [0.2, 0.25) is 0 Å². The van der Waals surface area contributed by atoms with Crippen LogP contribution in [0.2, 0.25) is 0 Å². The quantitative estimate of drug-likeness (QED) is 0.473. The van der Waals surface area contributed by atoms with Gasteiger partial charge in [-0.15, -0.1) is 0 Å². The van der Waals surface area contributed by atoms with Crippen molar-refractivity contribution in [3.05, 3.63) is 35.9 Å². The van der Waals surface area contributed by atoms with Gasteiger partial charge in [0.25, 0.3) is 11.1 Å². The number of benzene rings is 1. The molecule has 0 aromatic heterocycles. The van der Waals surface area contributed by atoms with Crippen LogP contribution in [0.15, 0.2) is 30.3 Å². The number of amides is 1. The van der Waals surface area contributed by atoms with Crippen molar-refractivity contribution in [3.63, 3.8) is 0 Å². The molecular weight excluding hydrogens is 224 g/mol. The van der Waals surface area contributed by atoms with E-state index in [1.165, 1.54) is 0 Å². The highest BCUT2D eigenvalue weighted by Gasteiger charge is 2.47. The van der Waals surface area contributed by atoms with Gasteiger partial charge >= 0.3 is 0 Å². The van der Waals surface area contributed by atoms with Crippen LogP contribution >= 0.6 is 12.2 Å². The number of thiocarbonyl (C=S) groups is 1. The topological polar surface area (TPSA) is 55.6 Å². The van der Waals surface area contributed by atoms with E-state index < -0.39 is 5.60 Å². The van der Waals surface area contributed by atoms with Gasteiger partial charge in [-0.1, -0.05) is 30.3 Å². The summed E-state index contributed by atoms with van der Waals surface area (Å²) >= 11 is 4.84. The van der Waals surface area contributed by atoms with Crippen LogP contribution in [0.4, 0.5) is 0 Å². The molecule has 1 aromatic rings. The highest BCUT2D eigenvalue weighted by atomic mass is 32.1. The molecule has 84 valence electrons. The van der Waals surface area contributed by atoms with Crippen LogP contribution in [0.5, 0.6) is 0 Å². The number of hydrazine groups is 1. The molecule has 1 heterocycles. The molecule has 0 spiro atoms. The first kappa shape index (κ1) is 11.0. The van der Waals surface area contributed by atoms with E-state index >= 15 is 0 Å². The predicted octanol–water partition coefficient (Wildman–Crippen LogP) is 1.01. The minimum Gasteiger partial charge on any atom is -0.453 e. The normalized spacial score (nSPS) is 24.8. The lowest BCUT2D eigenvalue weighted by Gasteiger charge is -2.19. The summed E-state index contributed by atoms with van der Waals surface area (Å²) in [6.07, 6.45) is 0.459. The summed E-state index contributed by atoms with van der Waals surface area (Å²) in [5.74, 6) is 5.16. The second-order valence-electron chi connectivity index (χ2n) is 3.94. The summed E-state index contributed by atoms with van der Waals surface area (Å²) in [4.78, 5) is 11.8. The van der Waals surface area contributed by atoms with E-state index in [4.69, 9.17) is 22.8 Å². The van der Waals surface area contributed by atoms with E-state index in [0.717, 1.165) is 10.6 Å². The van der Waals surface area contributed by atoms with E-state index in [0.29, 0.717) is 6.42 Å². The smallest absolute Gasteiger partial charge is 0.288 e. The Morgan fingerprint density at radius 1 is 1.44 bits per heavy atom. The largest absolute Gasteiger partial charge is 0.453 e. The summed E-state index contributed by atoms with van der Waals surface area (Å²) in [5.41, 5.74) is 0.0316. The molecule has 2 N–H and O–H groups in total. The maximum absolute atomic E-state index is 11.8. The molecule has 1 aliphatic heterocycles. The molecule has 1 aromatic carbocycles. The Bertz CT molecular complexity index is 435. The van der Waals surface area contributed by atoms with Gasteiger partial charge in [-0.2, -0.15) is 0 Å². The number of hydrogen-bond donors (Lipinski definition) is 1. The molecule has 1 amide bonds. The van der Waals surface area contributed by atoms with Crippen LogP contribution in [0, 0.1) is 0 Å². The Morgan fingerprint density at radius 3 is 2.56 bits per heavy atom. The van der Waals surface area contributed by atoms with Gasteiger partial charge in [0.15, 0.2) is 5.60 Å². The molecule has 1 aliphatic rings. The minimum absolute atomic E-state index is 0.0310. The van der Waals surface area contributed by atoms with E-state index in [1.54, 1.807) is 6.92 Å². The van der Waals surface area contributed by atoms with Crippen LogP contribution in [0.25, 0.3) is 0 Å². The Morgan fingerprint density at radius 2 is 2.06 bits per heavy atom. The molecule has 0 radical (unpaired) electrons. The number of rotatable bonds is 2. The van der Waals surface area contributed by atoms with Crippen LogP contribution in [-0.2, 0) is 16.0 Å². The molecule has 0 saturated carbocycles. The van der Waals surface area contributed by atoms with E-state index in [1.807, 2.05) is 30.3 Å². The molecular formula is C11H12N2O2S. The molecule has 2 rings (SSSR count). The summed E-state index contributed by atoms with van der Waals surface area (Å²) < 4.78 is 5.36. The average molecular weight is 236 g/mol. The van der Waals surface area contributed by atoms with Crippen LogP contribution in [0.1, 0.15) is 12.5 Å². The lowest BCUT2D eigenvalue weighted by atomic mass is 9.96. The first-order valence-electron chi connectivity index (χ1n) is 4.89. The maximum Gasteiger partial charge on any atom is 0.288 e. The summed E-state index contributed by atoms with van der Waals surface area (Å²) in [6.45, 7) is 1.70.